The summed E-state index contributed by atoms with van der Waals surface area (Å²) in [5.41, 5.74) is 1.18. The van der Waals surface area contributed by atoms with E-state index in [1.54, 1.807) is 33.0 Å². The van der Waals surface area contributed by atoms with E-state index in [0.29, 0.717) is 31.0 Å². The van der Waals surface area contributed by atoms with Crippen LogP contribution in [-0.2, 0) is 14.8 Å². The molecule has 1 aliphatic heterocycles. The lowest BCUT2D eigenvalue weighted by Crippen LogP contribution is -2.31. The summed E-state index contributed by atoms with van der Waals surface area (Å²) in [6, 6.07) is 4.77. The smallest absolute Gasteiger partial charge is 0.243 e. The Kier molecular flexibility index (Phi) is 8.14. The third-order valence-electron chi connectivity index (χ3n) is 4.29. The third-order valence-corrected chi connectivity index (χ3v) is 6.34. The van der Waals surface area contributed by atoms with Crippen molar-refractivity contribution >= 4 is 39.7 Å². The number of anilines is 2. The van der Waals surface area contributed by atoms with Gasteiger partial charge in [-0.25, -0.2) is 8.42 Å². The fourth-order valence-corrected chi connectivity index (χ4v) is 4.32. The zero-order chi connectivity index (χ0) is 17.7. The minimum atomic E-state index is -3.56. The lowest BCUT2D eigenvalue weighted by Gasteiger charge is -2.20. The van der Waals surface area contributed by atoms with Gasteiger partial charge < -0.3 is 16.0 Å². The van der Waals surface area contributed by atoms with Crippen molar-refractivity contribution in [2.75, 3.05) is 43.9 Å². The quantitative estimate of drug-likeness (QED) is 0.659. The maximum atomic E-state index is 12.7. The second-order valence-corrected chi connectivity index (χ2v) is 7.66. The third kappa shape index (κ3) is 4.84. The van der Waals surface area contributed by atoms with Crippen LogP contribution in [0, 0.1) is 5.92 Å². The van der Waals surface area contributed by atoms with E-state index in [-0.39, 0.29) is 29.1 Å². The summed E-state index contributed by atoms with van der Waals surface area (Å²) in [5, 5.41) is 9.01. The molecule has 0 bridgehead atoms. The van der Waals surface area contributed by atoms with Gasteiger partial charge in [0.2, 0.25) is 15.9 Å². The number of hydrogen-bond acceptors (Lipinski definition) is 5. The molecule has 0 saturated carbocycles. The molecule has 142 valence electrons. The van der Waals surface area contributed by atoms with Gasteiger partial charge in [0.05, 0.1) is 22.2 Å². The average Bonchev–Trinajstić information content (AvgIpc) is 3.10. The highest BCUT2D eigenvalue weighted by atomic mass is 35.5. The maximum absolute atomic E-state index is 12.7. The molecule has 1 saturated heterocycles. The van der Waals surface area contributed by atoms with E-state index in [4.69, 9.17) is 0 Å². The molecule has 9 heteroatoms. The van der Waals surface area contributed by atoms with E-state index in [1.165, 1.54) is 10.4 Å². The van der Waals surface area contributed by atoms with Crippen molar-refractivity contribution in [1.29, 1.82) is 0 Å². The fourth-order valence-electron chi connectivity index (χ4n) is 2.83. The highest BCUT2D eigenvalue weighted by Crippen LogP contribution is 2.27. The van der Waals surface area contributed by atoms with Crippen molar-refractivity contribution in [3.8, 4) is 0 Å². The molecule has 3 N–H and O–H groups in total. The highest BCUT2D eigenvalue weighted by Gasteiger charge is 2.25. The Bertz CT molecular complexity index is 687. The molecule has 0 aromatic heterocycles. The van der Waals surface area contributed by atoms with Gasteiger partial charge >= 0.3 is 0 Å². The lowest BCUT2D eigenvalue weighted by atomic mass is 10.1. The van der Waals surface area contributed by atoms with Crippen LogP contribution in [0.3, 0.4) is 0 Å². The van der Waals surface area contributed by atoms with Gasteiger partial charge in [-0.05, 0) is 31.2 Å². The van der Waals surface area contributed by atoms with E-state index in [2.05, 4.69) is 16.0 Å². The van der Waals surface area contributed by atoms with Crippen molar-refractivity contribution in [2.24, 2.45) is 5.92 Å². The average molecular weight is 391 g/mol. The summed E-state index contributed by atoms with van der Waals surface area (Å²) >= 11 is 0. The van der Waals surface area contributed by atoms with E-state index in [9.17, 15) is 13.2 Å². The number of carbonyl (C=O) groups is 1. The van der Waals surface area contributed by atoms with Gasteiger partial charge in [-0.2, -0.15) is 4.31 Å². The molecule has 0 spiro atoms. The molecule has 1 atom stereocenters. The summed E-state index contributed by atoms with van der Waals surface area (Å²) in [6.07, 6.45) is 0.790. The number of hydrogen-bond donors (Lipinski definition) is 3. The van der Waals surface area contributed by atoms with Crippen LogP contribution in [0.1, 0.15) is 20.3 Å². The van der Waals surface area contributed by atoms with Gasteiger partial charge in [-0.15, -0.1) is 12.4 Å². The molecular weight excluding hydrogens is 364 g/mol. The van der Waals surface area contributed by atoms with Crippen LogP contribution < -0.4 is 16.0 Å². The molecule has 1 aliphatic rings. The topological polar surface area (TPSA) is 90.5 Å². The van der Waals surface area contributed by atoms with Crippen LogP contribution in [0.15, 0.2) is 23.1 Å². The first-order valence-corrected chi connectivity index (χ1v) is 9.71. The first-order chi connectivity index (χ1) is 11.4. The molecule has 1 amide bonds. The molecule has 2 rings (SSSR count). The van der Waals surface area contributed by atoms with Gasteiger partial charge in [0, 0.05) is 26.7 Å². The number of amides is 1. The summed E-state index contributed by atoms with van der Waals surface area (Å²) < 4.78 is 26.7. The molecule has 0 radical (unpaired) electrons. The second-order valence-electron chi connectivity index (χ2n) is 5.73. The molecule has 0 aliphatic carbocycles. The van der Waals surface area contributed by atoms with Gasteiger partial charge in [0.15, 0.2) is 0 Å². The molecule has 1 aromatic carbocycles. The number of halogens is 1. The van der Waals surface area contributed by atoms with Crippen molar-refractivity contribution < 1.29 is 13.2 Å². The summed E-state index contributed by atoms with van der Waals surface area (Å²) in [6.45, 7) is 5.90. The molecule has 1 unspecified atom stereocenters. The predicted octanol–water partition coefficient (Wildman–Crippen LogP) is 1.73. The number of benzene rings is 1. The Morgan fingerprint density at radius 2 is 1.96 bits per heavy atom. The zero-order valence-corrected chi connectivity index (χ0v) is 16.5. The SMILES string of the molecule is CCN(CC)S(=O)(=O)c1ccc(NC)c(NC(=O)C2CCNC2)c1.Cl. The summed E-state index contributed by atoms with van der Waals surface area (Å²) in [5.74, 6) is -0.174. The molecule has 7 nitrogen and oxygen atoms in total. The monoisotopic (exact) mass is 390 g/mol. The van der Waals surface area contributed by atoms with Crippen molar-refractivity contribution in [1.82, 2.24) is 9.62 Å². The van der Waals surface area contributed by atoms with Crippen LogP contribution >= 0.6 is 12.4 Å². The standard InChI is InChI=1S/C16H26N4O3S.ClH/c1-4-20(5-2)24(22,23)13-6-7-14(17-3)15(10-13)19-16(21)12-8-9-18-11-12;/h6-7,10,12,17-18H,4-5,8-9,11H2,1-3H3,(H,19,21);1H. The Labute approximate surface area is 156 Å². The van der Waals surface area contributed by atoms with E-state index in [0.717, 1.165) is 13.0 Å². The van der Waals surface area contributed by atoms with Crippen LogP contribution in [0.2, 0.25) is 0 Å². The summed E-state index contributed by atoms with van der Waals surface area (Å²) in [4.78, 5) is 12.5. The van der Waals surface area contributed by atoms with Gasteiger partial charge in [-0.3, -0.25) is 4.79 Å². The fraction of sp³-hybridized carbons (Fsp3) is 0.562. The second kappa shape index (κ2) is 9.38. The first kappa shape index (κ1) is 21.7. The Morgan fingerprint density at radius 1 is 1.28 bits per heavy atom. The maximum Gasteiger partial charge on any atom is 0.243 e. The normalized spacial score (nSPS) is 17.2. The predicted molar refractivity (Wildman–Crippen MR) is 103 cm³/mol. The highest BCUT2D eigenvalue weighted by molar-refractivity contribution is 7.89. The molecule has 25 heavy (non-hydrogen) atoms. The number of nitrogens with one attached hydrogen (secondary N) is 3. The zero-order valence-electron chi connectivity index (χ0n) is 14.8. The van der Waals surface area contributed by atoms with Crippen LogP contribution in [0.4, 0.5) is 11.4 Å². The first-order valence-electron chi connectivity index (χ1n) is 8.27. The largest absolute Gasteiger partial charge is 0.386 e. The van der Waals surface area contributed by atoms with Gasteiger partial charge in [0.1, 0.15) is 0 Å². The van der Waals surface area contributed by atoms with Crippen molar-refractivity contribution in [2.45, 2.75) is 25.2 Å². The number of sulfonamides is 1. The molecule has 1 fully saturated rings. The van der Waals surface area contributed by atoms with E-state index in [1.807, 2.05) is 0 Å². The van der Waals surface area contributed by atoms with Crippen LogP contribution in [0.5, 0.6) is 0 Å². The molecule has 1 aromatic rings. The van der Waals surface area contributed by atoms with Crippen molar-refractivity contribution in [3.05, 3.63) is 18.2 Å². The number of nitrogens with zero attached hydrogens (tertiary/aromatic N) is 1. The van der Waals surface area contributed by atoms with E-state index < -0.39 is 10.0 Å². The number of carbonyl (C=O) groups excluding carboxylic acids is 1. The summed E-state index contributed by atoms with van der Waals surface area (Å²) in [7, 11) is -1.82. The Morgan fingerprint density at radius 3 is 2.48 bits per heavy atom. The van der Waals surface area contributed by atoms with Crippen molar-refractivity contribution in [3.63, 3.8) is 0 Å². The Balaban J connectivity index is 0.00000312. The minimum Gasteiger partial charge on any atom is -0.386 e. The van der Waals surface area contributed by atoms with Crippen LogP contribution in [0.25, 0.3) is 0 Å². The van der Waals surface area contributed by atoms with Gasteiger partial charge in [-0.1, -0.05) is 13.8 Å². The Hall–Kier alpha value is -1.35. The van der Waals surface area contributed by atoms with Gasteiger partial charge in [0.25, 0.3) is 0 Å². The lowest BCUT2D eigenvalue weighted by molar-refractivity contribution is -0.119. The molecule has 1 heterocycles. The molecular formula is C16H27ClN4O3S. The van der Waals surface area contributed by atoms with E-state index >= 15 is 0 Å². The minimum absolute atomic E-state index is 0. The van der Waals surface area contributed by atoms with Crippen LogP contribution in [-0.4, -0.2) is 51.9 Å². The number of rotatable bonds is 7.